The van der Waals surface area contributed by atoms with Crippen LogP contribution in [0.25, 0.3) is 0 Å². The largest absolute Gasteiger partial charge is 0.372 e. The van der Waals surface area contributed by atoms with Gasteiger partial charge >= 0.3 is 0 Å². The Morgan fingerprint density at radius 2 is 2.00 bits per heavy atom. The van der Waals surface area contributed by atoms with E-state index >= 15 is 0 Å². The molecule has 1 aromatic rings. The van der Waals surface area contributed by atoms with E-state index in [1.54, 1.807) is 0 Å². The summed E-state index contributed by atoms with van der Waals surface area (Å²) in [5, 5.41) is 3.32. The number of nitrogens with two attached hydrogens (primary N) is 1. The Kier molecular flexibility index (Phi) is 6.81. The molecular weight excluding hydrogens is 242 g/mol. The second-order valence-electron chi connectivity index (χ2n) is 4.54. The van der Waals surface area contributed by atoms with Crippen LogP contribution in [-0.4, -0.2) is 47.5 Å². The lowest BCUT2D eigenvalue weighted by atomic mass is 10.3. The number of aromatic nitrogens is 2. The number of nitrogens with one attached hydrogen (secondary N) is 1. The molecule has 1 aliphatic heterocycles. The number of anilines is 1. The third-order valence-corrected chi connectivity index (χ3v) is 3.13. The predicted molar refractivity (Wildman–Crippen MR) is 75.9 cm³/mol. The highest BCUT2D eigenvalue weighted by atomic mass is 16.1. The maximum atomic E-state index is 8.58. The maximum Gasteiger partial charge on any atom is 0.204 e. The van der Waals surface area contributed by atoms with E-state index in [1.165, 1.54) is 25.9 Å². The molecule has 0 bridgehead atoms. The number of amides is 1. The summed E-state index contributed by atoms with van der Waals surface area (Å²) in [5.41, 5.74) is 6.18. The highest BCUT2D eigenvalue weighted by Gasteiger charge is 2.10. The zero-order valence-electron chi connectivity index (χ0n) is 11.7. The smallest absolute Gasteiger partial charge is 0.204 e. The van der Waals surface area contributed by atoms with Crippen LogP contribution >= 0.6 is 0 Å². The van der Waals surface area contributed by atoms with E-state index in [-0.39, 0.29) is 6.41 Å². The van der Waals surface area contributed by atoms with Crippen LogP contribution in [-0.2, 0) is 4.79 Å². The summed E-state index contributed by atoms with van der Waals surface area (Å²) in [4.78, 5) is 19.8. The molecule has 19 heavy (non-hydrogen) atoms. The molecule has 106 valence electrons. The van der Waals surface area contributed by atoms with Crippen LogP contribution in [0.3, 0.4) is 0 Å². The normalized spacial score (nSPS) is 14.6. The van der Waals surface area contributed by atoms with Crippen LogP contribution in [0.5, 0.6) is 0 Å². The zero-order valence-corrected chi connectivity index (χ0v) is 11.7. The second kappa shape index (κ2) is 8.42. The van der Waals surface area contributed by atoms with Gasteiger partial charge in [0.15, 0.2) is 0 Å². The van der Waals surface area contributed by atoms with Gasteiger partial charge in [-0.25, -0.2) is 4.98 Å². The van der Waals surface area contributed by atoms with Crippen LogP contribution in [0, 0.1) is 13.8 Å². The molecule has 6 nitrogen and oxygen atoms in total. The summed E-state index contributed by atoms with van der Waals surface area (Å²) in [6.07, 6.45) is 4.76. The van der Waals surface area contributed by atoms with Crippen molar-refractivity contribution in [2.75, 3.05) is 31.5 Å². The Morgan fingerprint density at radius 1 is 1.37 bits per heavy atom. The minimum atomic E-state index is 0.250. The molecule has 0 aromatic carbocycles. The lowest BCUT2D eigenvalue weighted by Gasteiger charge is -2.15. The van der Waals surface area contributed by atoms with Crippen LogP contribution in [0.4, 0.5) is 5.82 Å². The standard InChI is InChI=1S/C12H20N4.CH3NO/c1-10-11(2)15-12(9-14-10)13-5-8-16-6-3-4-7-16;2-1-3/h9H,3-8H2,1-2H3,(H,13,15);1H,(H2,2,3). The molecule has 3 N–H and O–H groups in total. The minimum Gasteiger partial charge on any atom is -0.372 e. The Balaban J connectivity index is 0.000000550. The fourth-order valence-electron chi connectivity index (χ4n) is 1.98. The molecule has 2 rings (SSSR count). The fourth-order valence-corrected chi connectivity index (χ4v) is 1.98. The number of rotatable bonds is 4. The summed E-state index contributed by atoms with van der Waals surface area (Å²) in [5.74, 6) is 0.891. The zero-order chi connectivity index (χ0) is 14.1. The monoisotopic (exact) mass is 265 g/mol. The molecule has 6 heteroatoms. The van der Waals surface area contributed by atoms with Gasteiger partial charge in [-0.1, -0.05) is 0 Å². The Hall–Kier alpha value is -1.69. The van der Waals surface area contributed by atoms with Crippen LogP contribution < -0.4 is 11.1 Å². The average Bonchev–Trinajstić information content (AvgIpc) is 2.88. The predicted octanol–water partition coefficient (Wildman–Crippen LogP) is 0.703. The van der Waals surface area contributed by atoms with Gasteiger partial charge in [0, 0.05) is 13.1 Å². The van der Waals surface area contributed by atoms with Gasteiger partial charge < -0.3 is 16.0 Å². The minimum absolute atomic E-state index is 0.250. The summed E-state index contributed by atoms with van der Waals surface area (Å²) >= 11 is 0. The van der Waals surface area contributed by atoms with E-state index in [0.29, 0.717) is 0 Å². The van der Waals surface area contributed by atoms with Gasteiger partial charge in [-0.05, 0) is 39.8 Å². The lowest BCUT2D eigenvalue weighted by molar-refractivity contribution is -0.106. The van der Waals surface area contributed by atoms with Crippen molar-refractivity contribution in [3.8, 4) is 0 Å². The quantitative estimate of drug-likeness (QED) is 0.783. The Morgan fingerprint density at radius 3 is 2.58 bits per heavy atom. The molecule has 0 spiro atoms. The third-order valence-electron chi connectivity index (χ3n) is 3.13. The fraction of sp³-hybridized carbons (Fsp3) is 0.615. The SMILES string of the molecule is Cc1ncc(NCCN2CCCC2)nc1C.NC=O. The molecule has 1 aliphatic rings. The highest BCUT2D eigenvalue weighted by Crippen LogP contribution is 2.08. The summed E-state index contributed by atoms with van der Waals surface area (Å²) in [6, 6.07) is 0. The maximum absolute atomic E-state index is 8.58. The molecule has 2 heterocycles. The van der Waals surface area contributed by atoms with E-state index in [1.807, 2.05) is 20.0 Å². The first-order valence-electron chi connectivity index (χ1n) is 6.59. The van der Waals surface area contributed by atoms with Crippen molar-refractivity contribution in [2.24, 2.45) is 5.73 Å². The van der Waals surface area contributed by atoms with Gasteiger partial charge in [-0.3, -0.25) is 9.78 Å². The molecule has 1 amide bonds. The van der Waals surface area contributed by atoms with Crippen molar-refractivity contribution < 1.29 is 4.79 Å². The van der Waals surface area contributed by atoms with Crippen molar-refractivity contribution in [3.05, 3.63) is 17.6 Å². The first-order chi connectivity index (χ1) is 9.17. The van der Waals surface area contributed by atoms with E-state index in [9.17, 15) is 0 Å². The molecule has 0 atom stereocenters. The van der Waals surface area contributed by atoms with E-state index < -0.39 is 0 Å². The number of hydrogen-bond acceptors (Lipinski definition) is 5. The summed E-state index contributed by atoms with van der Waals surface area (Å²) in [7, 11) is 0. The number of carbonyl (C=O) groups is 1. The molecule has 0 saturated carbocycles. The first kappa shape index (κ1) is 15.4. The molecule has 0 radical (unpaired) electrons. The van der Waals surface area contributed by atoms with Crippen LogP contribution in [0.15, 0.2) is 6.20 Å². The second-order valence-corrected chi connectivity index (χ2v) is 4.54. The number of likely N-dealkylation sites (tertiary alicyclic amines) is 1. The number of primary amides is 1. The third kappa shape index (κ3) is 5.65. The van der Waals surface area contributed by atoms with E-state index in [4.69, 9.17) is 4.79 Å². The van der Waals surface area contributed by atoms with Crippen molar-refractivity contribution in [1.29, 1.82) is 0 Å². The molecule has 1 fully saturated rings. The Labute approximate surface area is 114 Å². The van der Waals surface area contributed by atoms with Gasteiger partial charge in [-0.15, -0.1) is 0 Å². The average molecular weight is 265 g/mol. The molecule has 0 unspecified atom stereocenters. The van der Waals surface area contributed by atoms with E-state index in [2.05, 4.69) is 25.9 Å². The van der Waals surface area contributed by atoms with Crippen molar-refractivity contribution in [1.82, 2.24) is 14.9 Å². The topological polar surface area (TPSA) is 84.1 Å². The number of nitrogens with zero attached hydrogens (tertiary/aromatic N) is 3. The van der Waals surface area contributed by atoms with Crippen molar-refractivity contribution in [3.63, 3.8) is 0 Å². The van der Waals surface area contributed by atoms with Gasteiger partial charge in [0.05, 0.1) is 17.6 Å². The number of aryl methyl sites for hydroxylation is 2. The number of hydrogen-bond donors (Lipinski definition) is 2. The van der Waals surface area contributed by atoms with Gasteiger partial charge in [-0.2, -0.15) is 0 Å². The highest BCUT2D eigenvalue weighted by molar-refractivity contribution is 5.42. The van der Waals surface area contributed by atoms with E-state index in [0.717, 1.165) is 30.3 Å². The summed E-state index contributed by atoms with van der Waals surface area (Å²) in [6.45, 7) is 8.54. The molecule has 1 aromatic heterocycles. The lowest BCUT2D eigenvalue weighted by Crippen LogP contribution is -2.26. The molecular formula is C13H23N5O. The van der Waals surface area contributed by atoms with Gasteiger partial charge in [0.2, 0.25) is 6.41 Å². The van der Waals surface area contributed by atoms with Crippen LogP contribution in [0.2, 0.25) is 0 Å². The Bertz CT molecular complexity index is 391. The van der Waals surface area contributed by atoms with Gasteiger partial charge in [0.25, 0.3) is 0 Å². The van der Waals surface area contributed by atoms with Crippen LogP contribution in [0.1, 0.15) is 24.2 Å². The molecule has 1 saturated heterocycles. The first-order valence-corrected chi connectivity index (χ1v) is 6.59. The summed E-state index contributed by atoms with van der Waals surface area (Å²) < 4.78 is 0. The van der Waals surface area contributed by atoms with Gasteiger partial charge in [0.1, 0.15) is 5.82 Å². The van der Waals surface area contributed by atoms with Crippen molar-refractivity contribution in [2.45, 2.75) is 26.7 Å². The molecule has 0 aliphatic carbocycles. The number of carbonyl (C=O) groups excluding carboxylic acids is 1. The van der Waals surface area contributed by atoms with Crippen molar-refractivity contribution >= 4 is 12.2 Å².